The van der Waals surface area contributed by atoms with Gasteiger partial charge in [-0.05, 0) is 42.5 Å². The fourth-order valence-corrected chi connectivity index (χ4v) is 3.09. The Balaban J connectivity index is 1.92. The van der Waals surface area contributed by atoms with Gasteiger partial charge in [-0.1, -0.05) is 15.9 Å². The zero-order valence-electron chi connectivity index (χ0n) is 12.2. The highest BCUT2D eigenvalue weighted by atomic mass is 79.9. The smallest absolute Gasteiger partial charge is 0.317 e. The van der Waals surface area contributed by atoms with Crippen LogP contribution in [0.5, 0.6) is 0 Å². The molecule has 7 heteroatoms. The van der Waals surface area contributed by atoms with E-state index in [-0.39, 0.29) is 17.4 Å². The summed E-state index contributed by atoms with van der Waals surface area (Å²) in [5, 5.41) is 8.96. The number of carboxylic acid groups (broad SMARTS) is 1. The molecule has 0 radical (unpaired) electrons. The van der Waals surface area contributed by atoms with Gasteiger partial charge in [-0.2, -0.15) is 0 Å². The Labute approximate surface area is 140 Å². The molecule has 124 valence electrons. The Morgan fingerprint density at radius 1 is 1.22 bits per heavy atom. The van der Waals surface area contributed by atoms with Crippen molar-refractivity contribution in [2.45, 2.75) is 17.7 Å². The van der Waals surface area contributed by atoms with Gasteiger partial charge in [0.25, 0.3) is 0 Å². The first-order valence-corrected chi connectivity index (χ1v) is 8.08. The molecule has 23 heavy (non-hydrogen) atoms. The summed E-state index contributed by atoms with van der Waals surface area (Å²) >= 11 is 3.15. The maximum absolute atomic E-state index is 13.1. The largest absolute Gasteiger partial charge is 0.480 e. The number of hydrogen-bond donors (Lipinski definition) is 1. The molecule has 1 fully saturated rings. The van der Waals surface area contributed by atoms with Crippen molar-refractivity contribution in [1.82, 2.24) is 4.90 Å². The highest BCUT2D eigenvalue weighted by Crippen LogP contribution is 2.25. The first kappa shape index (κ1) is 17.6. The van der Waals surface area contributed by atoms with Crippen molar-refractivity contribution in [1.29, 1.82) is 0 Å². The molecule has 0 spiro atoms. The van der Waals surface area contributed by atoms with Gasteiger partial charge in [-0.25, -0.2) is 8.78 Å². The van der Waals surface area contributed by atoms with Crippen molar-refractivity contribution in [3.8, 4) is 0 Å². The van der Waals surface area contributed by atoms with Crippen molar-refractivity contribution in [2.24, 2.45) is 5.92 Å². The minimum Gasteiger partial charge on any atom is -0.480 e. The van der Waals surface area contributed by atoms with Crippen LogP contribution in [-0.4, -0.2) is 39.8 Å². The monoisotopic (exact) mass is 387 g/mol. The summed E-state index contributed by atoms with van der Waals surface area (Å²) in [5.41, 5.74) is 0.275. The third kappa shape index (κ3) is 4.86. The van der Waals surface area contributed by atoms with E-state index in [0.717, 1.165) is 18.2 Å². The van der Waals surface area contributed by atoms with Crippen molar-refractivity contribution in [3.63, 3.8) is 0 Å². The van der Waals surface area contributed by atoms with Crippen LogP contribution < -0.4 is 0 Å². The molecule has 2 rings (SSSR count). The maximum atomic E-state index is 13.1. The molecular weight excluding hydrogens is 372 g/mol. The van der Waals surface area contributed by atoms with Gasteiger partial charge in [-0.3, -0.25) is 9.59 Å². The van der Waals surface area contributed by atoms with E-state index >= 15 is 0 Å². The SMILES string of the molecule is O=C(O)C(Br)C1CCN(C(=O)C=Cc2cc(F)cc(F)c2)CC1. The molecule has 4 nitrogen and oxygen atoms in total. The van der Waals surface area contributed by atoms with Crippen molar-refractivity contribution < 1.29 is 23.5 Å². The van der Waals surface area contributed by atoms with Crippen LogP contribution in [0.25, 0.3) is 6.08 Å². The first-order valence-electron chi connectivity index (χ1n) is 7.17. The van der Waals surface area contributed by atoms with E-state index in [2.05, 4.69) is 15.9 Å². The molecule has 0 aliphatic carbocycles. The Bertz CT molecular complexity index is 608. The second kappa shape index (κ2) is 7.68. The lowest BCUT2D eigenvalue weighted by atomic mass is 9.93. The molecular formula is C16H16BrF2NO3. The lowest BCUT2D eigenvalue weighted by molar-refractivity contribution is -0.137. The number of alkyl halides is 1. The van der Waals surface area contributed by atoms with E-state index in [9.17, 15) is 18.4 Å². The van der Waals surface area contributed by atoms with Gasteiger partial charge in [-0.15, -0.1) is 0 Å². The molecule has 1 aliphatic heterocycles. The normalized spacial score (nSPS) is 17.4. The predicted octanol–water partition coefficient (Wildman–Crippen LogP) is 3.06. The third-order valence-corrected chi connectivity index (χ3v) is 4.94. The van der Waals surface area contributed by atoms with E-state index in [1.807, 2.05) is 0 Å². The first-order chi connectivity index (χ1) is 10.9. The molecule has 0 bridgehead atoms. The molecule has 0 saturated carbocycles. The zero-order valence-corrected chi connectivity index (χ0v) is 13.8. The summed E-state index contributed by atoms with van der Waals surface area (Å²) in [7, 11) is 0. The number of likely N-dealkylation sites (tertiary alicyclic amines) is 1. The minimum atomic E-state index is -0.900. The third-order valence-electron chi connectivity index (χ3n) is 3.80. The van der Waals surface area contributed by atoms with Crippen LogP contribution >= 0.6 is 15.9 Å². The van der Waals surface area contributed by atoms with E-state index in [1.165, 1.54) is 12.2 Å². The van der Waals surface area contributed by atoms with Crippen molar-refractivity contribution in [2.75, 3.05) is 13.1 Å². The number of carbonyl (C=O) groups is 2. The topological polar surface area (TPSA) is 57.6 Å². The lowest BCUT2D eigenvalue weighted by Gasteiger charge is -2.32. The van der Waals surface area contributed by atoms with Gasteiger partial charge in [0.1, 0.15) is 16.5 Å². The predicted molar refractivity (Wildman–Crippen MR) is 85.0 cm³/mol. The van der Waals surface area contributed by atoms with Gasteiger partial charge in [0, 0.05) is 25.2 Å². The van der Waals surface area contributed by atoms with Crippen molar-refractivity contribution >= 4 is 33.9 Å². The highest BCUT2D eigenvalue weighted by Gasteiger charge is 2.30. The number of benzene rings is 1. The fraction of sp³-hybridized carbons (Fsp3) is 0.375. The summed E-state index contributed by atoms with van der Waals surface area (Å²) in [5.74, 6) is -2.57. The highest BCUT2D eigenvalue weighted by molar-refractivity contribution is 9.10. The molecule has 0 aromatic heterocycles. The van der Waals surface area contributed by atoms with E-state index in [0.29, 0.717) is 25.9 Å². The zero-order chi connectivity index (χ0) is 17.0. The number of nitrogens with zero attached hydrogens (tertiary/aromatic N) is 1. The maximum Gasteiger partial charge on any atom is 0.317 e. The summed E-state index contributed by atoms with van der Waals surface area (Å²) < 4.78 is 26.1. The van der Waals surface area contributed by atoms with Crippen LogP contribution in [0.3, 0.4) is 0 Å². The quantitative estimate of drug-likeness (QED) is 0.637. The van der Waals surface area contributed by atoms with Crippen LogP contribution in [0, 0.1) is 17.6 Å². The van der Waals surface area contributed by atoms with Gasteiger partial charge < -0.3 is 10.0 Å². The number of carboxylic acids is 1. The molecule has 1 N–H and O–H groups in total. The number of amides is 1. The van der Waals surface area contributed by atoms with Crippen LogP contribution in [0.1, 0.15) is 18.4 Å². The Morgan fingerprint density at radius 2 is 1.78 bits per heavy atom. The van der Waals surface area contributed by atoms with E-state index in [1.54, 1.807) is 4.90 Å². The standard InChI is InChI=1S/C16H16BrF2NO3/c17-15(16(22)23)11-3-5-20(6-4-11)14(21)2-1-10-7-12(18)9-13(19)8-10/h1-2,7-9,11,15H,3-6H2,(H,22,23). The molecule has 1 heterocycles. The average Bonchev–Trinajstić information content (AvgIpc) is 2.51. The lowest BCUT2D eigenvalue weighted by Crippen LogP contribution is -2.40. The molecule has 1 aromatic rings. The Kier molecular flexibility index (Phi) is 5.87. The summed E-state index contributed by atoms with van der Waals surface area (Å²) in [6.07, 6.45) is 3.83. The second-order valence-corrected chi connectivity index (χ2v) is 6.43. The van der Waals surface area contributed by atoms with Gasteiger partial charge in [0.15, 0.2) is 0 Å². The van der Waals surface area contributed by atoms with Crippen molar-refractivity contribution in [3.05, 3.63) is 41.5 Å². The number of hydrogen-bond acceptors (Lipinski definition) is 2. The van der Waals surface area contributed by atoms with Crippen LogP contribution in [-0.2, 0) is 9.59 Å². The Hall–Kier alpha value is -1.76. The second-order valence-electron chi connectivity index (χ2n) is 5.44. The number of halogens is 3. The number of rotatable bonds is 4. The summed E-state index contributed by atoms with van der Waals surface area (Å²) in [4.78, 5) is 24.0. The van der Waals surface area contributed by atoms with E-state index in [4.69, 9.17) is 5.11 Å². The number of aliphatic carboxylic acids is 1. The van der Waals surface area contributed by atoms with Gasteiger partial charge in [0.2, 0.25) is 5.91 Å². The number of carbonyl (C=O) groups excluding carboxylic acids is 1. The summed E-state index contributed by atoms with van der Waals surface area (Å²) in [6, 6.07) is 3.05. The molecule has 1 unspecified atom stereocenters. The van der Waals surface area contributed by atoms with Crippen LogP contribution in [0.4, 0.5) is 8.78 Å². The molecule has 1 saturated heterocycles. The molecule has 1 amide bonds. The fourth-order valence-electron chi connectivity index (χ4n) is 2.56. The minimum absolute atomic E-state index is 0.0159. The van der Waals surface area contributed by atoms with E-state index < -0.39 is 22.4 Å². The van der Waals surface area contributed by atoms with Crippen LogP contribution in [0.15, 0.2) is 24.3 Å². The van der Waals surface area contributed by atoms with Crippen LogP contribution in [0.2, 0.25) is 0 Å². The Morgan fingerprint density at radius 3 is 2.30 bits per heavy atom. The van der Waals surface area contributed by atoms with Gasteiger partial charge >= 0.3 is 5.97 Å². The molecule has 1 atom stereocenters. The molecule has 1 aromatic carbocycles. The summed E-state index contributed by atoms with van der Waals surface area (Å²) in [6.45, 7) is 0.918. The molecule has 1 aliphatic rings. The average molecular weight is 388 g/mol. The number of piperidine rings is 1. The van der Waals surface area contributed by atoms with Gasteiger partial charge in [0.05, 0.1) is 0 Å².